The number of hydrogen-bond donors (Lipinski definition) is 3. The Balaban J connectivity index is 0.000000312. The monoisotopic (exact) mass is 932 g/mol. The molecule has 0 saturated heterocycles. The summed E-state index contributed by atoms with van der Waals surface area (Å²) in [7, 11) is 3.17. The fraction of sp³-hybridized carbons (Fsp3) is 0.200. The molecule has 5 aromatic carbocycles. The lowest BCUT2D eigenvalue weighted by atomic mass is 9.98. The number of alkyl carbamates (subject to hydrolysis) is 1. The number of rotatable bonds is 13. The van der Waals surface area contributed by atoms with Crippen molar-refractivity contribution in [3.05, 3.63) is 148 Å². The van der Waals surface area contributed by atoms with Crippen LogP contribution in [0.15, 0.2) is 72.8 Å². The molecule has 1 aromatic heterocycles. The van der Waals surface area contributed by atoms with E-state index in [1.54, 1.807) is 24.7 Å². The molecule has 3 N–H and O–H groups in total. The predicted octanol–water partition coefficient (Wildman–Crippen LogP) is 9.23. The summed E-state index contributed by atoms with van der Waals surface area (Å²) in [5.74, 6) is -30.5. The molecule has 0 aliphatic heterocycles. The smallest absolute Gasteiger partial charge is 0.406 e. The SMILES string of the molecule is CNC(=O)OCC1c2ccccc2-c2ccccc21.CNCc1cc2cc(NC(=O)CCC(=O)Oc3c(F)c(F)c(F)c(F)c3F)ccc2n1CCC(=O)Oc1c(F)c(F)c(F)c(F)c1F. The van der Waals surface area contributed by atoms with Crippen LogP contribution in [-0.4, -0.2) is 49.2 Å². The summed E-state index contributed by atoms with van der Waals surface area (Å²) in [6.45, 7) is 0.424. The second-order valence-corrected chi connectivity index (χ2v) is 14.2. The van der Waals surface area contributed by atoms with Gasteiger partial charge in [-0.15, -0.1) is 0 Å². The van der Waals surface area contributed by atoms with E-state index in [1.165, 1.54) is 40.5 Å². The number of benzene rings is 5. The Hall–Kier alpha value is -7.42. The van der Waals surface area contributed by atoms with Crippen molar-refractivity contribution in [3.8, 4) is 22.6 Å². The zero-order chi connectivity index (χ0) is 48.0. The number of hydrogen-bond acceptors (Lipinski definition) is 8. The number of carbonyl (C=O) groups excluding carboxylic acids is 4. The van der Waals surface area contributed by atoms with Gasteiger partial charge in [0.1, 0.15) is 6.61 Å². The van der Waals surface area contributed by atoms with Crippen LogP contribution in [0.1, 0.15) is 42.0 Å². The molecule has 0 fully saturated rings. The molecule has 0 spiro atoms. The van der Waals surface area contributed by atoms with E-state index in [9.17, 15) is 63.1 Å². The average Bonchev–Trinajstić information content (AvgIpc) is 3.83. The summed E-state index contributed by atoms with van der Waals surface area (Å²) in [4.78, 5) is 47.9. The van der Waals surface area contributed by atoms with E-state index in [0.29, 0.717) is 23.2 Å². The molecule has 1 heterocycles. The number of aromatic nitrogens is 1. The number of anilines is 1. The van der Waals surface area contributed by atoms with Crippen molar-refractivity contribution >= 4 is 40.5 Å². The molecule has 11 nitrogen and oxygen atoms in total. The maximum absolute atomic E-state index is 13.9. The van der Waals surface area contributed by atoms with Crippen LogP contribution in [0.25, 0.3) is 22.0 Å². The van der Waals surface area contributed by atoms with Crippen LogP contribution in [-0.2, 0) is 32.2 Å². The Labute approximate surface area is 367 Å². The summed E-state index contributed by atoms with van der Waals surface area (Å²) in [6, 6.07) is 22.6. The molecule has 1 aliphatic carbocycles. The number of nitrogens with one attached hydrogen (secondary N) is 3. The number of nitrogens with zero attached hydrogens (tertiary/aromatic N) is 1. The lowest BCUT2D eigenvalue weighted by Gasteiger charge is -2.13. The Morgan fingerprint density at radius 2 is 1.08 bits per heavy atom. The zero-order valence-corrected chi connectivity index (χ0v) is 34.3. The largest absolute Gasteiger partial charge is 0.449 e. The van der Waals surface area contributed by atoms with Crippen molar-refractivity contribution in [2.24, 2.45) is 0 Å². The molecule has 0 unspecified atom stereocenters. The quantitative estimate of drug-likeness (QED) is 0.0343. The van der Waals surface area contributed by atoms with E-state index in [2.05, 4.69) is 49.7 Å². The van der Waals surface area contributed by atoms with Crippen molar-refractivity contribution in [1.29, 1.82) is 0 Å². The van der Waals surface area contributed by atoms with Crippen LogP contribution in [0, 0.1) is 58.2 Å². The first kappa shape index (κ1) is 48.0. The van der Waals surface area contributed by atoms with Crippen LogP contribution in [0.4, 0.5) is 54.4 Å². The van der Waals surface area contributed by atoms with Gasteiger partial charge in [-0.2, -0.15) is 17.6 Å². The maximum atomic E-state index is 13.9. The molecule has 0 saturated carbocycles. The number of halogens is 10. The van der Waals surface area contributed by atoms with Gasteiger partial charge in [0.25, 0.3) is 0 Å². The van der Waals surface area contributed by atoms with E-state index >= 15 is 0 Å². The van der Waals surface area contributed by atoms with Crippen molar-refractivity contribution in [2.75, 3.05) is 26.0 Å². The summed E-state index contributed by atoms with van der Waals surface area (Å²) < 4.78 is 151. The lowest BCUT2D eigenvalue weighted by molar-refractivity contribution is -0.136. The highest BCUT2D eigenvalue weighted by atomic mass is 19.2. The van der Waals surface area contributed by atoms with Crippen LogP contribution in [0.2, 0.25) is 0 Å². The Kier molecular flexibility index (Phi) is 15.0. The maximum Gasteiger partial charge on any atom is 0.406 e. The number of fused-ring (bicyclic) bond motifs is 4. The van der Waals surface area contributed by atoms with Gasteiger partial charge in [-0.3, -0.25) is 14.4 Å². The number of aryl methyl sites for hydroxylation is 1. The van der Waals surface area contributed by atoms with E-state index in [4.69, 9.17) is 4.74 Å². The fourth-order valence-electron chi connectivity index (χ4n) is 6.99. The van der Waals surface area contributed by atoms with Gasteiger partial charge in [0, 0.05) is 54.8 Å². The minimum absolute atomic E-state index is 0.129. The van der Waals surface area contributed by atoms with Gasteiger partial charge in [0.05, 0.1) is 12.8 Å². The second kappa shape index (κ2) is 20.6. The fourth-order valence-corrected chi connectivity index (χ4v) is 6.99. The summed E-state index contributed by atoms with van der Waals surface area (Å²) >= 11 is 0. The molecule has 6 aromatic rings. The third-order valence-electron chi connectivity index (χ3n) is 10.0. The second-order valence-electron chi connectivity index (χ2n) is 14.2. The molecule has 21 heteroatoms. The van der Waals surface area contributed by atoms with E-state index < -0.39 is 107 Å². The van der Waals surface area contributed by atoms with Crippen molar-refractivity contribution in [1.82, 2.24) is 15.2 Å². The first-order valence-electron chi connectivity index (χ1n) is 19.5. The molecular formula is C45H34F10N4O7. The lowest BCUT2D eigenvalue weighted by Crippen LogP contribution is -2.21. The highest BCUT2D eigenvalue weighted by molar-refractivity contribution is 5.95. The number of carbonyl (C=O) groups is 4. The molecular weight excluding hydrogens is 898 g/mol. The third-order valence-corrected chi connectivity index (χ3v) is 10.0. The molecule has 0 atom stereocenters. The predicted molar refractivity (Wildman–Crippen MR) is 215 cm³/mol. The molecule has 1 aliphatic rings. The summed E-state index contributed by atoms with van der Waals surface area (Å²) in [5, 5.41) is 8.29. The number of ether oxygens (including phenoxy) is 3. The topological polar surface area (TPSA) is 137 Å². The highest BCUT2D eigenvalue weighted by Gasteiger charge is 2.31. The molecule has 66 heavy (non-hydrogen) atoms. The molecule has 2 amide bonds. The average molecular weight is 933 g/mol. The van der Waals surface area contributed by atoms with Crippen LogP contribution >= 0.6 is 0 Å². The molecule has 346 valence electrons. The van der Waals surface area contributed by atoms with Gasteiger partial charge in [-0.25, -0.2) is 31.1 Å². The van der Waals surface area contributed by atoms with Gasteiger partial charge in [-0.1, -0.05) is 48.5 Å². The van der Waals surface area contributed by atoms with Gasteiger partial charge in [-0.05, 0) is 53.6 Å². The summed E-state index contributed by atoms with van der Waals surface area (Å²) in [6.07, 6.45) is -2.39. The Bertz CT molecular complexity index is 2770. The van der Waals surface area contributed by atoms with Gasteiger partial charge < -0.3 is 34.7 Å². The van der Waals surface area contributed by atoms with Crippen LogP contribution in [0.3, 0.4) is 0 Å². The van der Waals surface area contributed by atoms with E-state index in [0.717, 1.165) is 0 Å². The van der Waals surface area contributed by atoms with Crippen molar-refractivity contribution < 1.29 is 77.3 Å². The minimum atomic E-state index is -2.45. The first-order chi connectivity index (χ1) is 31.5. The first-order valence-corrected chi connectivity index (χ1v) is 19.5. The van der Waals surface area contributed by atoms with Gasteiger partial charge in [0.2, 0.25) is 75.6 Å². The molecule has 0 bridgehead atoms. The van der Waals surface area contributed by atoms with Gasteiger partial charge >= 0.3 is 18.0 Å². The standard InChI is InChI=1S/C29H19F10N3O5.C16H15NO2/c1-40-10-13-9-11-8-12(41-15(43)4-5-16(44)46-28-24(36)20(32)18(30)21(33)25(28)37)2-3-14(11)42(13)7-6-17(45)47-29-26(38)22(34)19(31)23(35)27(29)39;1-17-16(18)19-10-15-13-8-4-2-6-11(13)12-7-3-5-9-14(12)15/h2-3,8-9,40H,4-7,10H2,1H3,(H,41,43);2-9,15H,10H2,1H3,(H,17,18). The van der Waals surface area contributed by atoms with Crippen molar-refractivity contribution in [3.63, 3.8) is 0 Å². The normalized spacial score (nSPS) is 11.6. The van der Waals surface area contributed by atoms with Crippen LogP contribution < -0.4 is 25.4 Å². The molecule has 7 rings (SSSR count). The van der Waals surface area contributed by atoms with Crippen molar-refractivity contribution in [2.45, 2.75) is 38.3 Å². The molecule has 0 radical (unpaired) electrons. The number of amides is 2. The van der Waals surface area contributed by atoms with E-state index in [1.807, 2.05) is 24.3 Å². The Morgan fingerprint density at radius 3 is 1.58 bits per heavy atom. The van der Waals surface area contributed by atoms with E-state index in [-0.39, 0.29) is 30.8 Å². The minimum Gasteiger partial charge on any atom is -0.449 e. The van der Waals surface area contributed by atoms with Crippen LogP contribution in [0.5, 0.6) is 11.5 Å². The van der Waals surface area contributed by atoms with Gasteiger partial charge in [0.15, 0.2) is 0 Å². The Morgan fingerprint density at radius 1 is 0.591 bits per heavy atom. The summed E-state index contributed by atoms with van der Waals surface area (Å²) in [5.41, 5.74) is 6.16. The third kappa shape index (κ3) is 10.1. The zero-order valence-electron chi connectivity index (χ0n) is 34.3. The highest BCUT2D eigenvalue weighted by Crippen LogP contribution is 2.44. The number of esters is 2.